The second-order valence-electron chi connectivity index (χ2n) is 6.34. The zero-order valence-electron chi connectivity index (χ0n) is 16.7. The average Bonchev–Trinajstić information content (AvgIpc) is 2.72. The van der Waals surface area contributed by atoms with E-state index in [1.165, 1.54) is 0 Å². The van der Waals surface area contributed by atoms with Gasteiger partial charge in [0.15, 0.2) is 0 Å². The van der Waals surface area contributed by atoms with Gasteiger partial charge in [-0.05, 0) is 37.6 Å². The summed E-state index contributed by atoms with van der Waals surface area (Å²) < 4.78 is 10.1. The number of hydrogen-bond donors (Lipinski definition) is 1. The molecule has 0 fully saturated rings. The number of aryl methyl sites for hydroxylation is 2. The van der Waals surface area contributed by atoms with Crippen molar-refractivity contribution in [3.05, 3.63) is 54.1 Å². The quantitative estimate of drug-likeness (QED) is 0.581. The normalized spacial score (nSPS) is 10.4. The van der Waals surface area contributed by atoms with Crippen LogP contribution in [0.3, 0.4) is 0 Å². The molecule has 1 N–H and O–H groups in total. The van der Waals surface area contributed by atoms with Gasteiger partial charge in [-0.15, -0.1) is 0 Å². The van der Waals surface area contributed by atoms with Crippen molar-refractivity contribution in [1.82, 2.24) is 19.9 Å². The summed E-state index contributed by atoms with van der Waals surface area (Å²) in [5, 5.41) is 3.19. The summed E-state index contributed by atoms with van der Waals surface area (Å²) in [6.45, 7) is 4.16. The highest BCUT2D eigenvalue weighted by Crippen LogP contribution is 2.25. The first-order valence-electron chi connectivity index (χ1n) is 9.30. The van der Waals surface area contributed by atoms with Crippen molar-refractivity contribution in [2.45, 2.75) is 26.7 Å². The molecule has 0 aliphatic carbocycles. The van der Waals surface area contributed by atoms with E-state index in [0.717, 1.165) is 28.2 Å². The summed E-state index contributed by atoms with van der Waals surface area (Å²) in [6, 6.07) is 7.65. The number of rotatable bonds is 8. The fourth-order valence-electron chi connectivity index (χ4n) is 2.78. The molecule has 29 heavy (non-hydrogen) atoms. The highest BCUT2D eigenvalue weighted by molar-refractivity contribution is 5.70. The van der Waals surface area contributed by atoms with E-state index >= 15 is 0 Å². The number of benzene rings is 1. The summed E-state index contributed by atoms with van der Waals surface area (Å²) in [4.78, 5) is 29.0. The maximum absolute atomic E-state index is 11.6. The van der Waals surface area contributed by atoms with Crippen LogP contribution in [-0.4, -0.2) is 39.6 Å². The molecule has 0 atom stereocenters. The lowest BCUT2D eigenvalue weighted by Gasteiger charge is -2.10. The second-order valence-corrected chi connectivity index (χ2v) is 6.34. The summed E-state index contributed by atoms with van der Waals surface area (Å²) in [5.41, 5.74) is 4.24. The van der Waals surface area contributed by atoms with Crippen molar-refractivity contribution in [1.29, 1.82) is 0 Å². The van der Waals surface area contributed by atoms with E-state index in [1.807, 2.05) is 25.1 Å². The molecule has 3 rings (SSSR count). The predicted octanol–water partition coefficient (Wildman–Crippen LogP) is 3.49. The Balaban J connectivity index is 1.80. The SMILES string of the molecule is CCOC(=O)CCc1cncc(-c2cc(C)cc(Nc3nccc(OC)n3)c2)n1. The molecule has 0 aliphatic heterocycles. The van der Waals surface area contributed by atoms with Crippen LogP contribution >= 0.6 is 0 Å². The van der Waals surface area contributed by atoms with E-state index in [2.05, 4.69) is 25.3 Å². The number of nitrogens with one attached hydrogen (secondary N) is 1. The molecule has 0 unspecified atom stereocenters. The van der Waals surface area contributed by atoms with Crippen LogP contribution in [0, 0.1) is 6.92 Å². The molecule has 0 spiro atoms. The van der Waals surface area contributed by atoms with Gasteiger partial charge >= 0.3 is 5.97 Å². The number of ether oxygens (including phenoxy) is 2. The largest absolute Gasteiger partial charge is 0.481 e. The molecule has 1 aromatic carbocycles. The van der Waals surface area contributed by atoms with E-state index < -0.39 is 0 Å². The Bertz CT molecular complexity index is 994. The van der Waals surface area contributed by atoms with E-state index in [9.17, 15) is 4.79 Å². The van der Waals surface area contributed by atoms with Gasteiger partial charge in [-0.25, -0.2) is 9.97 Å². The number of anilines is 2. The molecule has 0 bridgehead atoms. The van der Waals surface area contributed by atoms with E-state index in [-0.39, 0.29) is 12.4 Å². The molecule has 0 aliphatic rings. The van der Waals surface area contributed by atoms with Crippen LogP contribution in [0.2, 0.25) is 0 Å². The van der Waals surface area contributed by atoms with Gasteiger partial charge in [0, 0.05) is 36.1 Å². The highest BCUT2D eigenvalue weighted by Gasteiger charge is 2.09. The smallest absolute Gasteiger partial charge is 0.306 e. The Hall–Kier alpha value is -3.55. The van der Waals surface area contributed by atoms with Crippen LogP contribution in [-0.2, 0) is 16.0 Å². The number of methoxy groups -OCH3 is 1. The van der Waals surface area contributed by atoms with Crippen molar-refractivity contribution >= 4 is 17.6 Å². The van der Waals surface area contributed by atoms with Crippen molar-refractivity contribution in [3.8, 4) is 17.1 Å². The average molecular weight is 393 g/mol. The highest BCUT2D eigenvalue weighted by atomic mass is 16.5. The van der Waals surface area contributed by atoms with Crippen LogP contribution in [0.25, 0.3) is 11.3 Å². The van der Waals surface area contributed by atoms with E-state index in [0.29, 0.717) is 24.9 Å². The fourth-order valence-corrected chi connectivity index (χ4v) is 2.78. The number of esters is 1. The maximum Gasteiger partial charge on any atom is 0.306 e. The predicted molar refractivity (Wildman–Crippen MR) is 109 cm³/mol. The molecular formula is C21H23N5O3. The number of hydrogen-bond acceptors (Lipinski definition) is 8. The second kappa shape index (κ2) is 9.59. The minimum absolute atomic E-state index is 0.236. The molecule has 8 nitrogen and oxygen atoms in total. The fraction of sp³-hybridized carbons (Fsp3) is 0.286. The molecule has 150 valence electrons. The van der Waals surface area contributed by atoms with Gasteiger partial charge in [0.05, 0.1) is 37.7 Å². The first-order valence-corrected chi connectivity index (χ1v) is 9.30. The molecular weight excluding hydrogens is 370 g/mol. The van der Waals surface area contributed by atoms with Crippen LogP contribution in [0.5, 0.6) is 5.88 Å². The van der Waals surface area contributed by atoms with E-state index in [4.69, 9.17) is 9.47 Å². The lowest BCUT2D eigenvalue weighted by Crippen LogP contribution is -2.06. The zero-order valence-corrected chi connectivity index (χ0v) is 16.7. The van der Waals surface area contributed by atoms with Crippen LogP contribution in [0.4, 0.5) is 11.6 Å². The monoisotopic (exact) mass is 393 g/mol. The molecule has 0 radical (unpaired) electrons. The van der Waals surface area contributed by atoms with Crippen molar-refractivity contribution in [3.63, 3.8) is 0 Å². The van der Waals surface area contributed by atoms with Gasteiger partial charge in [0.1, 0.15) is 0 Å². The van der Waals surface area contributed by atoms with Gasteiger partial charge in [-0.1, -0.05) is 0 Å². The third kappa shape index (κ3) is 5.71. The van der Waals surface area contributed by atoms with Crippen molar-refractivity contribution in [2.75, 3.05) is 19.0 Å². The van der Waals surface area contributed by atoms with Crippen LogP contribution < -0.4 is 10.1 Å². The lowest BCUT2D eigenvalue weighted by molar-refractivity contribution is -0.143. The Morgan fingerprint density at radius 2 is 2.03 bits per heavy atom. The van der Waals surface area contributed by atoms with Crippen molar-refractivity contribution in [2.24, 2.45) is 0 Å². The summed E-state index contributed by atoms with van der Waals surface area (Å²) in [7, 11) is 1.56. The number of nitrogens with zero attached hydrogens (tertiary/aromatic N) is 4. The van der Waals surface area contributed by atoms with Crippen LogP contribution in [0.1, 0.15) is 24.6 Å². The molecule has 3 aromatic rings. The lowest BCUT2D eigenvalue weighted by atomic mass is 10.1. The Morgan fingerprint density at radius 1 is 1.17 bits per heavy atom. The number of carbonyl (C=O) groups excluding carboxylic acids is 1. The third-order valence-corrected chi connectivity index (χ3v) is 4.04. The number of aromatic nitrogens is 4. The molecule has 2 aromatic heterocycles. The Morgan fingerprint density at radius 3 is 2.83 bits per heavy atom. The Labute approximate surface area is 169 Å². The molecule has 0 saturated carbocycles. The molecule has 2 heterocycles. The summed E-state index contributed by atoms with van der Waals surface area (Å²) in [5.74, 6) is 0.686. The van der Waals surface area contributed by atoms with Gasteiger partial charge in [0.2, 0.25) is 11.8 Å². The standard InChI is InChI=1S/C21H23N5O3/c1-4-29-20(27)6-5-16-12-22-13-18(24-16)15-9-14(2)10-17(11-15)25-21-23-8-7-19(26-21)28-3/h7-13H,4-6H2,1-3H3,(H,23,25,26). The molecule has 0 saturated heterocycles. The van der Waals surface area contributed by atoms with Gasteiger partial charge in [-0.2, -0.15) is 4.98 Å². The first kappa shape index (κ1) is 20.2. The minimum atomic E-state index is -0.236. The molecule has 8 heteroatoms. The Kier molecular flexibility index (Phi) is 6.67. The van der Waals surface area contributed by atoms with E-state index in [1.54, 1.807) is 38.7 Å². The first-order chi connectivity index (χ1) is 14.1. The zero-order chi connectivity index (χ0) is 20.6. The maximum atomic E-state index is 11.6. The van der Waals surface area contributed by atoms with Gasteiger partial charge in [-0.3, -0.25) is 9.78 Å². The van der Waals surface area contributed by atoms with Crippen molar-refractivity contribution < 1.29 is 14.3 Å². The number of carbonyl (C=O) groups is 1. The minimum Gasteiger partial charge on any atom is -0.481 e. The topological polar surface area (TPSA) is 99.1 Å². The molecule has 0 amide bonds. The van der Waals surface area contributed by atoms with Gasteiger partial charge in [0.25, 0.3) is 0 Å². The summed E-state index contributed by atoms with van der Waals surface area (Å²) in [6.07, 6.45) is 5.76. The van der Waals surface area contributed by atoms with Crippen LogP contribution in [0.15, 0.2) is 42.9 Å². The third-order valence-electron chi connectivity index (χ3n) is 4.04. The van der Waals surface area contributed by atoms with Gasteiger partial charge < -0.3 is 14.8 Å². The summed E-state index contributed by atoms with van der Waals surface area (Å²) >= 11 is 0.